The zero-order valence-electron chi connectivity index (χ0n) is 16.8. The second kappa shape index (κ2) is 9.37. The zero-order chi connectivity index (χ0) is 22.7. The van der Waals surface area contributed by atoms with Gasteiger partial charge in [0.05, 0.1) is 23.6 Å². The van der Waals surface area contributed by atoms with E-state index in [1.165, 1.54) is 23.1 Å². The molecule has 11 heteroatoms. The van der Waals surface area contributed by atoms with Crippen molar-refractivity contribution in [1.29, 1.82) is 0 Å². The first-order valence-corrected chi connectivity index (χ1v) is 10.7. The first-order valence-electron chi connectivity index (χ1n) is 9.82. The lowest BCUT2D eigenvalue weighted by atomic mass is 10.1. The van der Waals surface area contributed by atoms with Crippen LogP contribution in [-0.4, -0.2) is 57.1 Å². The lowest BCUT2D eigenvalue weighted by Gasteiger charge is -2.28. The molecule has 3 amide bonds. The summed E-state index contributed by atoms with van der Waals surface area (Å²) in [4.78, 5) is 50.3. The highest BCUT2D eigenvalue weighted by Gasteiger charge is 2.40. The number of nitro groups is 1. The fourth-order valence-electron chi connectivity index (χ4n) is 3.35. The van der Waals surface area contributed by atoms with E-state index in [0.717, 1.165) is 22.2 Å². The van der Waals surface area contributed by atoms with Gasteiger partial charge in [0.15, 0.2) is 12.2 Å². The Hall–Kier alpha value is -3.44. The summed E-state index contributed by atoms with van der Waals surface area (Å²) in [6.45, 7) is 0.635. The molecule has 166 valence electrons. The summed E-state index contributed by atoms with van der Waals surface area (Å²) in [5, 5.41) is 10.6. The van der Waals surface area contributed by atoms with Crippen LogP contribution < -0.4 is 4.74 Å². The Kier molecular flexibility index (Phi) is 6.37. The second-order valence-corrected chi connectivity index (χ2v) is 8.14. The van der Waals surface area contributed by atoms with Crippen LogP contribution in [0.15, 0.2) is 48.5 Å². The molecule has 2 aliphatic rings. The topological polar surface area (TPSA) is 119 Å². The smallest absolute Gasteiger partial charge is 0.291 e. The number of carbonyl (C=O) groups is 3. The van der Waals surface area contributed by atoms with Gasteiger partial charge in [-0.15, -0.1) is 0 Å². The molecule has 0 radical (unpaired) electrons. The van der Waals surface area contributed by atoms with E-state index in [1.807, 2.05) is 30.3 Å². The van der Waals surface area contributed by atoms with Gasteiger partial charge < -0.3 is 14.4 Å². The van der Waals surface area contributed by atoms with E-state index >= 15 is 0 Å². The van der Waals surface area contributed by atoms with Gasteiger partial charge in [0, 0.05) is 18.7 Å². The van der Waals surface area contributed by atoms with Gasteiger partial charge in [-0.1, -0.05) is 30.3 Å². The molecule has 0 N–H and O–H groups in total. The molecular weight excluding hydrogens is 438 g/mol. The molecule has 1 unspecified atom stereocenters. The number of hydrogen-bond acceptors (Lipinski definition) is 8. The minimum atomic E-state index is -0.914. The van der Waals surface area contributed by atoms with Crippen molar-refractivity contribution in [2.75, 3.05) is 19.9 Å². The molecule has 0 aromatic heterocycles. The molecule has 4 rings (SSSR count). The SMILES string of the molecule is O=C1c2cc([N+](=O)[O-])ccc2OCN1CCCOC1SC(=O)N(Cc2ccccc2)C1=O. The Labute approximate surface area is 187 Å². The second-order valence-electron chi connectivity index (χ2n) is 7.13. The molecule has 1 saturated heterocycles. The van der Waals surface area contributed by atoms with Crippen LogP contribution in [0.4, 0.5) is 10.5 Å². The normalized spacial score (nSPS) is 18.0. The number of benzene rings is 2. The van der Waals surface area contributed by atoms with Gasteiger partial charge in [0.1, 0.15) is 5.75 Å². The number of hydrogen-bond donors (Lipinski definition) is 0. The summed E-state index contributed by atoms with van der Waals surface area (Å²) in [5.41, 5.74) is -0.120. The van der Waals surface area contributed by atoms with Gasteiger partial charge >= 0.3 is 0 Å². The third-order valence-electron chi connectivity index (χ3n) is 4.99. The molecule has 0 saturated carbocycles. The van der Waals surface area contributed by atoms with Crippen LogP contribution >= 0.6 is 11.8 Å². The van der Waals surface area contributed by atoms with Gasteiger partial charge in [0.25, 0.3) is 22.7 Å². The lowest BCUT2D eigenvalue weighted by molar-refractivity contribution is -0.384. The quantitative estimate of drug-likeness (QED) is 0.337. The third-order valence-corrected chi connectivity index (χ3v) is 5.96. The number of imide groups is 1. The number of carbonyl (C=O) groups excluding carboxylic acids is 3. The van der Waals surface area contributed by atoms with E-state index in [2.05, 4.69) is 0 Å². The van der Waals surface area contributed by atoms with E-state index in [9.17, 15) is 24.5 Å². The summed E-state index contributed by atoms with van der Waals surface area (Å²) in [7, 11) is 0. The number of nitrogens with zero attached hydrogens (tertiary/aromatic N) is 3. The predicted octanol–water partition coefficient (Wildman–Crippen LogP) is 3.02. The predicted molar refractivity (Wildman–Crippen MR) is 114 cm³/mol. The van der Waals surface area contributed by atoms with Crippen molar-refractivity contribution in [3.05, 3.63) is 69.8 Å². The first-order chi connectivity index (χ1) is 15.4. The van der Waals surface area contributed by atoms with Crippen LogP contribution in [0, 0.1) is 10.1 Å². The minimum absolute atomic E-state index is 0.0179. The van der Waals surface area contributed by atoms with Crippen LogP contribution in [-0.2, 0) is 16.1 Å². The van der Waals surface area contributed by atoms with Gasteiger partial charge in [-0.05, 0) is 29.8 Å². The van der Waals surface area contributed by atoms with Crippen molar-refractivity contribution in [2.45, 2.75) is 18.4 Å². The largest absolute Gasteiger partial charge is 0.472 e. The molecule has 10 nitrogen and oxygen atoms in total. The Balaban J connectivity index is 1.27. The minimum Gasteiger partial charge on any atom is -0.472 e. The average molecular weight is 457 g/mol. The molecule has 32 heavy (non-hydrogen) atoms. The Morgan fingerprint density at radius 1 is 1.16 bits per heavy atom. The van der Waals surface area contributed by atoms with Crippen LogP contribution in [0.3, 0.4) is 0 Å². The number of fused-ring (bicyclic) bond motifs is 1. The van der Waals surface area contributed by atoms with Crippen molar-refractivity contribution in [1.82, 2.24) is 9.80 Å². The Morgan fingerprint density at radius 3 is 2.69 bits per heavy atom. The maximum atomic E-state index is 12.6. The molecular formula is C21H19N3O7S. The molecule has 2 aromatic rings. The fraction of sp³-hybridized carbons (Fsp3) is 0.286. The van der Waals surface area contributed by atoms with Gasteiger partial charge in [0.2, 0.25) is 0 Å². The first kappa shape index (κ1) is 21.8. The molecule has 0 bridgehead atoms. The highest BCUT2D eigenvalue weighted by atomic mass is 32.2. The maximum Gasteiger partial charge on any atom is 0.291 e. The molecule has 2 heterocycles. The van der Waals surface area contributed by atoms with Gasteiger partial charge in [-0.25, -0.2) is 0 Å². The number of non-ortho nitro benzene ring substituents is 1. The summed E-state index contributed by atoms with van der Waals surface area (Å²) >= 11 is 0.829. The monoisotopic (exact) mass is 457 g/mol. The maximum absolute atomic E-state index is 12.6. The number of rotatable bonds is 8. The van der Waals surface area contributed by atoms with Gasteiger partial charge in [-0.2, -0.15) is 0 Å². The zero-order valence-corrected chi connectivity index (χ0v) is 17.7. The summed E-state index contributed by atoms with van der Waals surface area (Å²) < 4.78 is 11.1. The number of nitro benzene ring substituents is 1. The van der Waals surface area contributed by atoms with Crippen LogP contribution in [0.5, 0.6) is 5.75 Å². The number of ether oxygens (including phenoxy) is 2. The van der Waals surface area contributed by atoms with Crippen LogP contribution in [0.1, 0.15) is 22.3 Å². The Bertz CT molecular complexity index is 1060. The van der Waals surface area contributed by atoms with E-state index < -0.39 is 16.3 Å². The average Bonchev–Trinajstić information content (AvgIpc) is 3.06. The summed E-state index contributed by atoms with van der Waals surface area (Å²) in [5.74, 6) is -0.467. The number of thioether (sulfide) groups is 1. The Morgan fingerprint density at radius 2 is 1.94 bits per heavy atom. The van der Waals surface area contributed by atoms with Crippen molar-refractivity contribution < 1.29 is 28.8 Å². The van der Waals surface area contributed by atoms with E-state index in [-0.39, 0.29) is 48.8 Å². The van der Waals surface area contributed by atoms with E-state index in [0.29, 0.717) is 12.2 Å². The molecule has 0 aliphatic carbocycles. The van der Waals surface area contributed by atoms with Gasteiger partial charge in [-0.3, -0.25) is 29.4 Å². The van der Waals surface area contributed by atoms with Crippen molar-refractivity contribution >= 4 is 34.5 Å². The standard InChI is InChI=1S/C21H19N3O7S/c25-18-16-11-15(24(28)29)7-8-17(16)31-13-22(18)9-4-10-30-20-19(26)23(21(27)32-20)12-14-5-2-1-3-6-14/h1-3,5-8,11,20H,4,9-10,12-13H2. The van der Waals surface area contributed by atoms with Crippen molar-refractivity contribution in [3.8, 4) is 5.75 Å². The third kappa shape index (κ3) is 4.58. The lowest BCUT2D eigenvalue weighted by Crippen LogP contribution is -2.39. The molecule has 2 aromatic carbocycles. The highest BCUT2D eigenvalue weighted by Crippen LogP contribution is 2.30. The van der Waals surface area contributed by atoms with E-state index in [1.54, 1.807) is 0 Å². The number of amides is 3. The summed E-state index contributed by atoms with van der Waals surface area (Å²) in [6, 6.07) is 13.1. The molecule has 1 atom stereocenters. The molecule has 0 spiro atoms. The molecule has 2 aliphatic heterocycles. The van der Waals surface area contributed by atoms with Crippen LogP contribution in [0.25, 0.3) is 0 Å². The molecule has 1 fully saturated rings. The summed E-state index contributed by atoms with van der Waals surface area (Å²) in [6.07, 6.45) is 0.399. The highest BCUT2D eigenvalue weighted by molar-refractivity contribution is 8.15. The fourth-order valence-corrected chi connectivity index (χ4v) is 4.21. The van der Waals surface area contributed by atoms with E-state index in [4.69, 9.17) is 9.47 Å². The van der Waals surface area contributed by atoms with Crippen molar-refractivity contribution in [2.24, 2.45) is 0 Å². The van der Waals surface area contributed by atoms with Crippen molar-refractivity contribution in [3.63, 3.8) is 0 Å². The van der Waals surface area contributed by atoms with Crippen LogP contribution in [0.2, 0.25) is 0 Å².